The van der Waals surface area contributed by atoms with E-state index in [9.17, 15) is 4.39 Å². The van der Waals surface area contributed by atoms with Crippen LogP contribution in [0.3, 0.4) is 0 Å². The van der Waals surface area contributed by atoms with Gasteiger partial charge in [0.05, 0.1) is 4.47 Å². The number of hydrogen-bond donors (Lipinski definition) is 1. The average molecular weight is 288 g/mol. The maximum absolute atomic E-state index is 13.5. The van der Waals surface area contributed by atoms with Crippen molar-refractivity contribution in [3.05, 3.63) is 34.1 Å². The van der Waals surface area contributed by atoms with Crippen LogP contribution in [0.15, 0.2) is 22.7 Å². The van der Waals surface area contributed by atoms with Crippen molar-refractivity contribution in [1.82, 2.24) is 5.32 Å². The van der Waals surface area contributed by atoms with Gasteiger partial charge in [-0.15, -0.1) is 0 Å². The predicted molar refractivity (Wildman–Crippen MR) is 70.0 cm³/mol. The van der Waals surface area contributed by atoms with E-state index >= 15 is 0 Å². The lowest BCUT2D eigenvalue weighted by atomic mass is 9.82. The van der Waals surface area contributed by atoms with Crippen molar-refractivity contribution in [2.75, 3.05) is 6.54 Å². The molecule has 3 heteroatoms. The molecular weight excluding hydrogens is 269 g/mol. The van der Waals surface area contributed by atoms with Crippen LogP contribution < -0.4 is 5.32 Å². The van der Waals surface area contributed by atoms with Crippen LogP contribution in [0.4, 0.5) is 4.39 Å². The molecule has 0 aliphatic rings. The van der Waals surface area contributed by atoms with Crippen LogP contribution in [0, 0.1) is 11.2 Å². The number of nitrogens with one attached hydrogen (secondary N) is 1. The van der Waals surface area contributed by atoms with Gasteiger partial charge in [0.15, 0.2) is 0 Å². The molecular formula is C13H19BrFN. The van der Waals surface area contributed by atoms with E-state index in [1.807, 2.05) is 6.07 Å². The summed E-state index contributed by atoms with van der Waals surface area (Å²) in [5, 5.41) is 3.41. The van der Waals surface area contributed by atoms with Crippen LogP contribution in [-0.4, -0.2) is 6.54 Å². The van der Waals surface area contributed by atoms with Crippen LogP contribution >= 0.6 is 15.9 Å². The van der Waals surface area contributed by atoms with Crippen LogP contribution in [-0.2, 0) is 0 Å². The Hall–Kier alpha value is -0.410. The highest BCUT2D eigenvalue weighted by molar-refractivity contribution is 9.10. The van der Waals surface area contributed by atoms with Crippen molar-refractivity contribution < 1.29 is 4.39 Å². The zero-order valence-electron chi connectivity index (χ0n) is 10.3. The third-order valence-electron chi connectivity index (χ3n) is 2.57. The smallest absolute Gasteiger partial charge is 0.137 e. The lowest BCUT2D eigenvalue weighted by Crippen LogP contribution is -2.32. The van der Waals surface area contributed by atoms with Gasteiger partial charge in [0.1, 0.15) is 5.82 Å². The van der Waals surface area contributed by atoms with E-state index in [0.717, 1.165) is 12.1 Å². The summed E-state index contributed by atoms with van der Waals surface area (Å²) in [7, 11) is 0. The molecule has 1 atom stereocenters. The monoisotopic (exact) mass is 287 g/mol. The third kappa shape index (κ3) is 3.05. The second-order valence-corrected chi connectivity index (χ2v) is 5.79. The normalized spacial score (nSPS) is 13.9. The summed E-state index contributed by atoms with van der Waals surface area (Å²) in [6.07, 6.45) is 0. The SMILES string of the molecule is CCNC(c1cccc(F)c1Br)C(C)(C)C. The van der Waals surface area contributed by atoms with Crippen LogP contribution in [0.5, 0.6) is 0 Å². The highest BCUT2D eigenvalue weighted by atomic mass is 79.9. The van der Waals surface area contributed by atoms with E-state index in [-0.39, 0.29) is 17.3 Å². The molecule has 0 fully saturated rings. The Kier molecular flexibility index (Phi) is 4.51. The Labute approximate surface area is 106 Å². The lowest BCUT2D eigenvalue weighted by Gasteiger charge is -2.32. The fourth-order valence-corrected chi connectivity index (χ4v) is 2.32. The van der Waals surface area contributed by atoms with Gasteiger partial charge in [0.2, 0.25) is 0 Å². The minimum absolute atomic E-state index is 0.0479. The third-order valence-corrected chi connectivity index (χ3v) is 3.40. The number of benzene rings is 1. The number of rotatable bonds is 3. The summed E-state index contributed by atoms with van der Waals surface area (Å²) in [4.78, 5) is 0. The Bertz CT molecular complexity index is 357. The van der Waals surface area contributed by atoms with Crippen molar-refractivity contribution in [2.45, 2.75) is 33.7 Å². The Morgan fingerprint density at radius 3 is 2.50 bits per heavy atom. The molecule has 0 radical (unpaired) electrons. The minimum Gasteiger partial charge on any atom is -0.310 e. The van der Waals surface area contributed by atoms with E-state index in [1.165, 1.54) is 6.07 Å². The molecule has 1 rings (SSSR count). The molecule has 0 aliphatic heterocycles. The quantitative estimate of drug-likeness (QED) is 0.875. The average Bonchev–Trinajstić information content (AvgIpc) is 2.18. The predicted octanol–water partition coefficient (Wildman–Crippen LogP) is 4.28. The summed E-state index contributed by atoms with van der Waals surface area (Å²) in [6, 6.07) is 5.33. The molecule has 0 heterocycles. The Balaban J connectivity index is 3.16. The first-order valence-electron chi connectivity index (χ1n) is 5.55. The zero-order chi connectivity index (χ0) is 12.3. The van der Waals surface area contributed by atoms with Crippen LogP contribution in [0.1, 0.15) is 39.3 Å². The number of hydrogen-bond acceptors (Lipinski definition) is 1. The topological polar surface area (TPSA) is 12.0 Å². The molecule has 1 aromatic carbocycles. The Morgan fingerprint density at radius 1 is 1.38 bits per heavy atom. The van der Waals surface area contributed by atoms with E-state index in [0.29, 0.717) is 4.47 Å². The highest BCUT2D eigenvalue weighted by Crippen LogP contribution is 2.37. The number of halogens is 2. The maximum atomic E-state index is 13.5. The summed E-state index contributed by atoms with van der Waals surface area (Å²) in [6.45, 7) is 9.38. The molecule has 1 unspecified atom stereocenters. The summed E-state index contributed by atoms with van der Waals surface area (Å²) in [5.41, 5.74) is 1.03. The second-order valence-electron chi connectivity index (χ2n) is 5.00. The molecule has 1 aromatic rings. The molecule has 0 aliphatic carbocycles. The maximum Gasteiger partial charge on any atom is 0.137 e. The van der Waals surface area contributed by atoms with Gasteiger partial charge in [-0.25, -0.2) is 4.39 Å². The van der Waals surface area contributed by atoms with Gasteiger partial charge in [-0.3, -0.25) is 0 Å². The second kappa shape index (κ2) is 5.28. The molecule has 0 aromatic heterocycles. The molecule has 0 bridgehead atoms. The summed E-state index contributed by atoms with van der Waals surface area (Å²) >= 11 is 3.33. The lowest BCUT2D eigenvalue weighted by molar-refractivity contribution is 0.275. The minimum atomic E-state index is -0.204. The fraction of sp³-hybridized carbons (Fsp3) is 0.538. The molecule has 90 valence electrons. The molecule has 1 nitrogen and oxygen atoms in total. The zero-order valence-corrected chi connectivity index (χ0v) is 11.9. The molecule has 0 saturated carbocycles. The van der Waals surface area contributed by atoms with Crippen LogP contribution in [0.2, 0.25) is 0 Å². The van der Waals surface area contributed by atoms with E-state index in [2.05, 4.69) is 48.9 Å². The van der Waals surface area contributed by atoms with Crippen molar-refractivity contribution >= 4 is 15.9 Å². The summed E-state index contributed by atoms with van der Waals surface area (Å²) in [5.74, 6) is -0.204. The molecule has 0 saturated heterocycles. The largest absolute Gasteiger partial charge is 0.310 e. The van der Waals surface area contributed by atoms with Crippen molar-refractivity contribution in [1.29, 1.82) is 0 Å². The van der Waals surface area contributed by atoms with E-state index in [1.54, 1.807) is 6.07 Å². The van der Waals surface area contributed by atoms with E-state index in [4.69, 9.17) is 0 Å². The molecule has 1 N–H and O–H groups in total. The Morgan fingerprint density at radius 2 is 2.00 bits per heavy atom. The molecule has 0 amide bonds. The first-order valence-corrected chi connectivity index (χ1v) is 6.34. The highest BCUT2D eigenvalue weighted by Gasteiger charge is 2.27. The van der Waals surface area contributed by atoms with Gasteiger partial charge in [-0.05, 0) is 39.5 Å². The summed E-state index contributed by atoms with van der Waals surface area (Å²) < 4.78 is 14.1. The first-order chi connectivity index (χ1) is 7.38. The van der Waals surface area contributed by atoms with Gasteiger partial charge in [-0.2, -0.15) is 0 Å². The van der Waals surface area contributed by atoms with Gasteiger partial charge < -0.3 is 5.32 Å². The van der Waals surface area contributed by atoms with Crippen molar-refractivity contribution in [2.24, 2.45) is 5.41 Å². The van der Waals surface area contributed by atoms with Gasteiger partial charge >= 0.3 is 0 Å². The fourth-order valence-electron chi connectivity index (χ4n) is 1.83. The van der Waals surface area contributed by atoms with Gasteiger partial charge in [-0.1, -0.05) is 39.8 Å². The molecule has 16 heavy (non-hydrogen) atoms. The van der Waals surface area contributed by atoms with Crippen LogP contribution in [0.25, 0.3) is 0 Å². The van der Waals surface area contributed by atoms with Crippen molar-refractivity contribution in [3.8, 4) is 0 Å². The molecule has 0 spiro atoms. The van der Waals surface area contributed by atoms with Gasteiger partial charge in [0.25, 0.3) is 0 Å². The van der Waals surface area contributed by atoms with Gasteiger partial charge in [0, 0.05) is 6.04 Å². The van der Waals surface area contributed by atoms with Crippen molar-refractivity contribution in [3.63, 3.8) is 0 Å². The van der Waals surface area contributed by atoms with E-state index < -0.39 is 0 Å². The first kappa shape index (κ1) is 13.7. The standard InChI is InChI=1S/C13H19BrFN/c1-5-16-12(13(2,3)4)9-7-6-8-10(15)11(9)14/h6-8,12,16H,5H2,1-4H3.